The number of esters is 1. The number of hydrogen-bond donors (Lipinski definition) is 1. The van der Waals surface area contributed by atoms with Gasteiger partial charge < -0.3 is 19.9 Å². The molecular formula is C27H19I4NO4. The highest BCUT2D eigenvalue weighted by molar-refractivity contribution is 14.1. The zero-order valence-electron chi connectivity index (χ0n) is 18.6. The van der Waals surface area contributed by atoms with Crippen LogP contribution in [-0.4, -0.2) is 12.0 Å². The largest absolute Gasteiger partial charge is 0.455 e. The van der Waals surface area contributed by atoms with Gasteiger partial charge in [-0.25, -0.2) is 4.79 Å². The summed E-state index contributed by atoms with van der Waals surface area (Å²) in [5.41, 5.74) is 7.07. The maximum atomic E-state index is 12.4. The normalized spacial score (nSPS) is 11.6. The first kappa shape index (κ1) is 27.9. The quantitative estimate of drug-likeness (QED) is 0.110. The van der Waals surface area contributed by atoms with Crippen molar-refractivity contribution in [3.8, 4) is 28.7 Å². The van der Waals surface area contributed by atoms with Crippen molar-refractivity contribution in [3.63, 3.8) is 0 Å². The molecule has 5 nitrogen and oxygen atoms in total. The molecule has 0 spiro atoms. The van der Waals surface area contributed by atoms with Crippen LogP contribution in [0.3, 0.4) is 0 Å². The van der Waals surface area contributed by atoms with Crippen molar-refractivity contribution in [2.45, 2.75) is 12.5 Å². The summed E-state index contributed by atoms with van der Waals surface area (Å²) in [7, 11) is 0. The zero-order chi connectivity index (χ0) is 25.7. The van der Waals surface area contributed by atoms with E-state index in [-0.39, 0.29) is 0 Å². The second-order valence-electron chi connectivity index (χ2n) is 7.67. The second kappa shape index (κ2) is 13.1. The van der Waals surface area contributed by atoms with Gasteiger partial charge in [0, 0.05) is 0 Å². The third-order valence-electron chi connectivity index (χ3n) is 4.93. The van der Waals surface area contributed by atoms with Crippen LogP contribution in [0.4, 0.5) is 0 Å². The molecule has 0 saturated carbocycles. The molecule has 0 aromatic heterocycles. The molecule has 0 unspecified atom stereocenters. The zero-order valence-corrected chi connectivity index (χ0v) is 27.2. The standard InChI is InChI=1S/C27H19I4NO4/c28-20-11-16(13-24(32)27(33)36-18-9-5-2-6-10-18)12-21(29)25(20)35-19-14-22(30)26(23(31)15-19)34-17-7-3-1-4-8-17/h1-12,14-15,24H,13,32H2/t24-/m0/s1. The number of halogens is 4. The number of rotatable bonds is 8. The van der Waals surface area contributed by atoms with Crippen molar-refractivity contribution in [1.29, 1.82) is 0 Å². The molecule has 0 amide bonds. The fraction of sp³-hybridized carbons (Fsp3) is 0.0741. The van der Waals surface area contributed by atoms with Gasteiger partial charge in [-0.2, -0.15) is 0 Å². The lowest BCUT2D eigenvalue weighted by Gasteiger charge is -2.16. The molecule has 4 aromatic carbocycles. The smallest absolute Gasteiger partial charge is 0.328 e. The Morgan fingerprint density at radius 3 is 1.64 bits per heavy atom. The van der Waals surface area contributed by atoms with E-state index in [1.807, 2.05) is 72.8 Å². The Bertz CT molecular complexity index is 1320. The van der Waals surface area contributed by atoms with E-state index < -0.39 is 12.0 Å². The molecule has 184 valence electrons. The van der Waals surface area contributed by atoms with Crippen molar-refractivity contribution >= 4 is 96.3 Å². The van der Waals surface area contributed by atoms with E-state index in [4.69, 9.17) is 19.9 Å². The number of para-hydroxylation sites is 2. The predicted octanol–water partition coefficient (Wildman–Crippen LogP) is 8.17. The van der Waals surface area contributed by atoms with Crippen LogP contribution < -0.4 is 19.9 Å². The van der Waals surface area contributed by atoms with Crippen LogP contribution in [0.1, 0.15) is 5.56 Å². The van der Waals surface area contributed by atoms with E-state index in [1.54, 1.807) is 12.1 Å². The number of carbonyl (C=O) groups excluding carboxylic acids is 1. The lowest BCUT2D eigenvalue weighted by Crippen LogP contribution is -2.36. The molecule has 0 radical (unpaired) electrons. The minimum atomic E-state index is -0.774. The Balaban J connectivity index is 1.46. The number of hydrogen-bond acceptors (Lipinski definition) is 5. The van der Waals surface area contributed by atoms with Gasteiger partial charge in [-0.15, -0.1) is 0 Å². The molecule has 0 fully saturated rings. The number of carbonyl (C=O) groups is 1. The molecule has 1 atom stereocenters. The highest BCUT2D eigenvalue weighted by Gasteiger charge is 2.19. The summed E-state index contributed by atoms with van der Waals surface area (Å²) >= 11 is 9.01. The maximum Gasteiger partial charge on any atom is 0.328 e. The highest BCUT2D eigenvalue weighted by Crippen LogP contribution is 2.39. The van der Waals surface area contributed by atoms with Crippen LogP contribution >= 0.6 is 90.4 Å². The monoisotopic (exact) mass is 929 g/mol. The number of nitrogens with two attached hydrogens (primary N) is 1. The molecule has 4 rings (SSSR count). The molecule has 0 aliphatic heterocycles. The summed E-state index contributed by atoms with van der Waals surface area (Å²) in [4.78, 5) is 12.4. The number of ether oxygens (including phenoxy) is 3. The number of benzene rings is 4. The topological polar surface area (TPSA) is 70.8 Å². The summed E-state index contributed by atoms with van der Waals surface area (Å²) < 4.78 is 21.5. The Morgan fingerprint density at radius 2 is 1.11 bits per heavy atom. The average Bonchev–Trinajstić information content (AvgIpc) is 2.85. The first-order valence-corrected chi connectivity index (χ1v) is 15.0. The summed E-state index contributed by atoms with van der Waals surface area (Å²) in [6, 6.07) is 25.7. The van der Waals surface area contributed by atoms with Crippen molar-refractivity contribution in [3.05, 3.63) is 105 Å². The van der Waals surface area contributed by atoms with E-state index >= 15 is 0 Å². The molecule has 0 saturated heterocycles. The molecule has 9 heteroatoms. The third kappa shape index (κ3) is 7.45. The Hall–Kier alpha value is -1.17. The lowest BCUT2D eigenvalue weighted by molar-refractivity contribution is -0.135. The highest BCUT2D eigenvalue weighted by atomic mass is 127. The molecular weight excluding hydrogens is 910 g/mol. The molecule has 4 aromatic rings. The van der Waals surface area contributed by atoms with Crippen LogP contribution in [0, 0.1) is 14.3 Å². The maximum absolute atomic E-state index is 12.4. The van der Waals surface area contributed by atoms with Gasteiger partial charge in [-0.1, -0.05) is 36.4 Å². The first-order chi connectivity index (χ1) is 17.3. The van der Waals surface area contributed by atoms with Gasteiger partial charge in [-0.3, -0.25) is 0 Å². The van der Waals surface area contributed by atoms with Gasteiger partial charge in [-0.05, 0) is 151 Å². The lowest BCUT2D eigenvalue weighted by atomic mass is 10.1. The second-order valence-corrected chi connectivity index (χ2v) is 12.3. The van der Waals surface area contributed by atoms with Crippen LogP contribution in [0.5, 0.6) is 28.7 Å². The fourth-order valence-electron chi connectivity index (χ4n) is 3.26. The summed E-state index contributed by atoms with van der Waals surface area (Å²) in [6.45, 7) is 0. The Kier molecular flexibility index (Phi) is 10.1. The minimum Gasteiger partial charge on any atom is -0.455 e. The van der Waals surface area contributed by atoms with E-state index in [0.717, 1.165) is 42.8 Å². The summed E-state index contributed by atoms with van der Waals surface area (Å²) in [5, 5.41) is 0. The van der Waals surface area contributed by atoms with Crippen LogP contribution in [-0.2, 0) is 11.2 Å². The van der Waals surface area contributed by atoms with Gasteiger partial charge in [0.2, 0.25) is 0 Å². The fourth-order valence-corrected chi connectivity index (χ4v) is 7.31. The molecule has 2 N–H and O–H groups in total. The molecule has 0 aliphatic carbocycles. The summed E-state index contributed by atoms with van der Waals surface area (Å²) in [6.07, 6.45) is 0.360. The third-order valence-corrected chi connectivity index (χ3v) is 8.14. The van der Waals surface area contributed by atoms with E-state index in [2.05, 4.69) is 90.4 Å². The summed E-state index contributed by atoms with van der Waals surface area (Å²) in [5.74, 6) is 3.07. The van der Waals surface area contributed by atoms with Crippen LogP contribution in [0.25, 0.3) is 0 Å². The van der Waals surface area contributed by atoms with Gasteiger partial charge in [0.25, 0.3) is 0 Å². The van der Waals surface area contributed by atoms with Gasteiger partial charge in [0.1, 0.15) is 23.3 Å². The van der Waals surface area contributed by atoms with E-state index in [0.29, 0.717) is 12.2 Å². The first-order valence-electron chi connectivity index (χ1n) is 10.7. The SMILES string of the molecule is N[C@@H](Cc1cc(I)c(Oc2cc(I)c(Oc3ccccc3)c(I)c2)c(I)c1)C(=O)Oc1ccccc1. The van der Waals surface area contributed by atoms with E-state index in [1.165, 1.54) is 0 Å². The Morgan fingerprint density at radius 1 is 0.667 bits per heavy atom. The van der Waals surface area contributed by atoms with Gasteiger partial charge in [0.15, 0.2) is 11.5 Å². The molecule has 36 heavy (non-hydrogen) atoms. The van der Waals surface area contributed by atoms with Crippen molar-refractivity contribution in [1.82, 2.24) is 0 Å². The Labute approximate surface area is 264 Å². The van der Waals surface area contributed by atoms with Gasteiger partial charge in [0.05, 0.1) is 14.3 Å². The average molecular weight is 929 g/mol. The molecule has 0 heterocycles. The van der Waals surface area contributed by atoms with Gasteiger partial charge >= 0.3 is 5.97 Å². The van der Waals surface area contributed by atoms with E-state index in [9.17, 15) is 4.79 Å². The van der Waals surface area contributed by atoms with Crippen LogP contribution in [0.2, 0.25) is 0 Å². The molecule has 0 aliphatic rings. The van der Waals surface area contributed by atoms with Crippen molar-refractivity contribution in [2.75, 3.05) is 0 Å². The van der Waals surface area contributed by atoms with Crippen molar-refractivity contribution < 1.29 is 19.0 Å². The predicted molar refractivity (Wildman–Crippen MR) is 174 cm³/mol. The molecule has 0 bridgehead atoms. The van der Waals surface area contributed by atoms with Crippen LogP contribution in [0.15, 0.2) is 84.9 Å². The minimum absolute atomic E-state index is 0.360. The van der Waals surface area contributed by atoms with Crippen molar-refractivity contribution in [2.24, 2.45) is 5.73 Å².